The van der Waals surface area contributed by atoms with E-state index in [-0.39, 0.29) is 0 Å². The molecule has 0 radical (unpaired) electrons. The molecule has 0 unspecified atom stereocenters. The summed E-state index contributed by atoms with van der Waals surface area (Å²) >= 11 is 0. The lowest BCUT2D eigenvalue weighted by molar-refractivity contribution is -0.142. The van der Waals surface area contributed by atoms with Gasteiger partial charge in [-0.2, -0.15) is 13.2 Å². The third kappa shape index (κ3) is 2.16. The summed E-state index contributed by atoms with van der Waals surface area (Å²) in [5, 5.41) is 17.2. The zero-order chi connectivity index (χ0) is 10.1. The van der Waals surface area contributed by atoms with Gasteiger partial charge >= 0.3 is 6.18 Å². The minimum absolute atomic E-state index is 0.644. The Morgan fingerprint density at radius 1 is 1.31 bits per heavy atom. The Hall–Kier alpha value is -1.14. The average Bonchev–Trinajstić information content (AvgIpc) is 2.03. The van der Waals surface area contributed by atoms with Gasteiger partial charge in [-0.05, 0) is 6.07 Å². The summed E-state index contributed by atoms with van der Waals surface area (Å²) in [5.41, 5.74) is -1.73. The molecule has 13 heavy (non-hydrogen) atoms. The summed E-state index contributed by atoms with van der Waals surface area (Å²) in [6.45, 7) is 0. The maximum Gasteiger partial charge on any atom is 0.416 e. The molecular formula is C7H6F3NO2. The second-order valence-corrected chi connectivity index (χ2v) is 2.33. The maximum absolute atomic E-state index is 12.2. The van der Waals surface area contributed by atoms with Crippen molar-refractivity contribution in [2.45, 2.75) is 12.5 Å². The third-order valence-electron chi connectivity index (χ3n) is 1.44. The van der Waals surface area contributed by atoms with Crippen LogP contribution < -0.4 is 0 Å². The lowest BCUT2D eigenvalue weighted by atomic mass is 10.1. The molecule has 0 saturated heterocycles. The molecule has 0 bridgehead atoms. The Labute approximate surface area is 71.5 Å². The number of alkyl halides is 3. The van der Waals surface area contributed by atoms with Crippen molar-refractivity contribution in [1.82, 2.24) is 4.98 Å². The largest absolute Gasteiger partial charge is 0.416 e. The van der Waals surface area contributed by atoms with Crippen LogP contribution in [0.15, 0.2) is 18.5 Å². The second kappa shape index (κ2) is 3.31. The van der Waals surface area contributed by atoms with Gasteiger partial charge in [-0.15, -0.1) is 0 Å². The van der Waals surface area contributed by atoms with E-state index in [1.54, 1.807) is 0 Å². The van der Waals surface area contributed by atoms with Crippen molar-refractivity contribution < 1.29 is 23.4 Å². The van der Waals surface area contributed by atoms with E-state index in [1.807, 2.05) is 0 Å². The lowest BCUT2D eigenvalue weighted by Gasteiger charge is -2.12. The van der Waals surface area contributed by atoms with Gasteiger partial charge in [0, 0.05) is 18.0 Å². The average molecular weight is 193 g/mol. The van der Waals surface area contributed by atoms with E-state index in [0.717, 1.165) is 12.4 Å². The quantitative estimate of drug-likeness (QED) is 0.656. The predicted molar refractivity (Wildman–Crippen MR) is 36.4 cm³/mol. The molecule has 0 aliphatic heterocycles. The first-order valence-electron chi connectivity index (χ1n) is 3.30. The van der Waals surface area contributed by atoms with Crippen LogP contribution in [0.5, 0.6) is 0 Å². The number of halogens is 3. The van der Waals surface area contributed by atoms with Crippen molar-refractivity contribution in [3.8, 4) is 0 Å². The Balaban J connectivity index is 3.20. The highest BCUT2D eigenvalue weighted by atomic mass is 19.4. The molecule has 1 heterocycles. The van der Waals surface area contributed by atoms with Gasteiger partial charge < -0.3 is 10.2 Å². The van der Waals surface area contributed by atoms with Gasteiger partial charge in [0.15, 0.2) is 6.29 Å². The summed E-state index contributed by atoms with van der Waals surface area (Å²) < 4.78 is 36.5. The van der Waals surface area contributed by atoms with Crippen molar-refractivity contribution >= 4 is 0 Å². The van der Waals surface area contributed by atoms with Crippen LogP contribution in [-0.2, 0) is 6.18 Å². The van der Waals surface area contributed by atoms with E-state index in [1.165, 1.54) is 0 Å². The summed E-state index contributed by atoms with van der Waals surface area (Å²) in [6, 6.07) is 0.689. The molecule has 0 saturated carbocycles. The molecule has 6 heteroatoms. The fraction of sp³-hybridized carbons (Fsp3) is 0.286. The van der Waals surface area contributed by atoms with Crippen molar-refractivity contribution in [1.29, 1.82) is 0 Å². The number of rotatable bonds is 1. The van der Waals surface area contributed by atoms with Crippen LogP contribution in [0.3, 0.4) is 0 Å². The predicted octanol–water partition coefficient (Wildman–Crippen LogP) is 1.08. The van der Waals surface area contributed by atoms with Crippen molar-refractivity contribution in [3.05, 3.63) is 29.6 Å². The molecule has 0 spiro atoms. The highest BCUT2D eigenvalue weighted by Gasteiger charge is 2.34. The Morgan fingerprint density at radius 2 is 1.92 bits per heavy atom. The third-order valence-corrected chi connectivity index (χ3v) is 1.44. The molecule has 2 N–H and O–H groups in total. The monoisotopic (exact) mass is 193 g/mol. The van der Waals surface area contributed by atoms with E-state index < -0.39 is 23.6 Å². The smallest absolute Gasteiger partial charge is 0.364 e. The zero-order valence-corrected chi connectivity index (χ0v) is 6.28. The van der Waals surface area contributed by atoms with Crippen LogP contribution >= 0.6 is 0 Å². The molecule has 1 aromatic rings. The SMILES string of the molecule is OC(O)c1cnccc1C(F)(F)F. The highest BCUT2D eigenvalue weighted by molar-refractivity contribution is 5.26. The van der Waals surface area contributed by atoms with Gasteiger partial charge in [-0.1, -0.05) is 0 Å². The fourth-order valence-electron chi connectivity index (χ4n) is 0.871. The van der Waals surface area contributed by atoms with Crippen LogP contribution in [-0.4, -0.2) is 15.2 Å². The first-order valence-corrected chi connectivity index (χ1v) is 3.30. The van der Waals surface area contributed by atoms with Gasteiger partial charge in [0.2, 0.25) is 0 Å². The maximum atomic E-state index is 12.2. The molecule has 0 aliphatic rings. The first-order chi connectivity index (χ1) is 5.93. The molecule has 0 aromatic carbocycles. The van der Waals surface area contributed by atoms with E-state index in [2.05, 4.69) is 4.98 Å². The fourth-order valence-corrected chi connectivity index (χ4v) is 0.871. The Morgan fingerprint density at radius 3 is 2.31 bits per heavy atom. The molecule has 0 fully saturated rings. The van der Waals surface area contributed by atoms with Crippen molar-refractivity contribution in [2.75, 3.05) is 0 Å². The van der Waals surface area contributed by atoms with Crippen LogP contribution in [0.4, 0.5) is 13.2 Å². The molecule has 0 amide bonds. The van der Waals surface area contributed by atoms with Gasteiger partial charge in [0.05, 0.1) is 5.56 Å². The highest BCUT2D eigenvalue weighted by Crippen LogP contribution is 2.33. The van der Waals surface area contributed by atoms with Crippen LogP contribution in [0.2, 0.25) is 0 Å². The summed E-state index contributed by atoms with van der Waals surface area (Å²) in [7, 11) is 0. The number of hydrogen-bond acceptors (Lipinski definition) is 3. The minimum Gasteiger partial charge on any atom is -0.364 e. The normalized spacial score (nSPS) is 12.2. The van der Waals surface area contributed by atoms with Gasteiger partial charge in [0.1, 0.15) is 0 Å². The molecule has 1 aromatic heterocycles. The molecule has 0 aliphatic carbocycles. The number of hydrogen-bond donors (Lipinski definition) is 2. The Bertz CT molecular complexity index is 298. The van der Waals surface area contributed by atoms with E-state index in [0.29, 0.717) is 6.07 Å². The van der Waals surface area contributed by atoms with E-state index in [4.69, 9.17) is 10.2 Å². The van der Waals surface area contributed by atoms with Gasteiger partial charge in [-0.3, -0.25) is 4.98 Å². The van der Waals surface area contributed by atoms with Crippen LogP contribution in [0.1, 0.15) is 17.4 Å². The first kappa shape index (κ1) is 9.94. The van der Waals surface area contributed by atoms with Crippen LogP contribution in [0, 0.1) is 0 Å². The van der Waals surface area contributed by atoms with Crippen molar-refractivity contribution in [3.63, 3.8) is 0 Å². The van der Waals surface area contributed by atoms with Crippen molar-refractivity contribution in [2.24, 2.45) is 0 Å². The summed E-state index contributed by atoms with van der Waals surface area (Å²) in [5.74, 6) is 0. The number of pyridine rings is 1. The molecular weight excluding hydrogens is 187 g/mol. The molecule has 72 valence electrons. The van der Waals surface area contributed by atoms with Gasteiger partial charge in [0.25, 0.3) is 0 Å². The zero-order valence-electron chi connectivity index (χ0n) is 6.28. The topological polar surface area (TPSA) is 53.4 Å². The number of nitrogens with zero attached hydrogens (tertiary/aromatic N) is 1. The lowest BCUT2D eigenvalue weighted by Crippen LogP contribution is -2.12. The number of aliphatic hydroxyl groups is 2. The standard InChI is InChI=1S/C7H6F3NO2/c8-7(9,10)5-1-2-11-3-4(5)6(12)13/h1-3,6,12-13H. The van der Waals surface area contributed by atoms with Gasteiger partial charge in [-0.25, -0.2) is 0 Å². The summed E-state index contributed by atoms with van der Waals surface area (Å²) in [4.78, 5) is 3.36. The molecule has 1 rings (SSSR count). The van der Waals surface area contributed by atoms with Crippen LogP contribution in [0.25, 0.3) is 0 Å². The second-order valence-electron chi connectivity index (χ2n) is 2.33. The molecule has 0 atom stereocenters. The molecule has 3 nitrogen and oxygen atoms in total. The summed E-state index contributed by atoms with van der Waals surface area (Å²) in [6.07, 6.45) is -5.05. The number of aromatic nitrogens is 1. The van der Waals surface area contributed by atoms with E-state index >= 15 is 0 Å². The number of aliphatic hydroxyl groups excluding tert-OH is 1. The Kier molecular flexibility index (Phi) is 2.53. The van der Waals surface area contributed by atoms with E-state index in [9.17, 15) is 13.2 Å². The minimum atomic E-state index is -4.60.